The van der Waals surface area contributed by atoms with Gasteiger partial charge in [-0.05, 0) is 31.0 Å². The van der Waals surface area contributed by atoms with Crippen molar-refractivity contribution >= 4 is 22.5 Å². The van der Waals surface area contributed by atoms with E-state index in [1.54, 1.807) is 18.2 Å². The van der Waals surface area contributed by atoms with Crippen LogP contribution in [0.2, 0.25) is 0 Å². The van der Waals surface area contributed by atoms with Crippen LogP contribution >= 0.6 is 0 Å². The molecule has 19 heavy (non-hydrogen) atoms. The van der Waals surface area contributed by atoms with Crippen molar-refractivity contribution < 1.29 is 4.79 Å². The summed E-state index contributed by atoms with van der Waals surface area (Å²) in [6.45, 7) is -0.00687. The first kappa shape index (κ1) is 11.7. The van der Waals surface area contributed by atoms with E-state index in [-0.39, 0.29) is 24.1 Å². The van der Waals surface area contributed by atoms with Crippen molar-refractivity contribution in [1.29, 1.82) is 0 Å². The number of aromatic nitrogens is 2. The molecule has 1 aromatic heterocycles. The summed E-state index contributed by atoms with van der Waals surface area (Å²) >= 11 is 0. The molecule has 1 aromatic carbocycles. The molecule has 0 spiro atoms. The van der Waals surface area contributed by atoms with E-state index in [9.17, 15) is 9.59 Å². The van der Waals surface area contributed by atoms with E-state index in [1.807, 2.05) is 0 Å². The minimum atomic E-state index is -0.247. The lowest BCUT2D eigenvalue weighted by Gasteiger charge is -2.07. The highest BCUT2D eigenvalue weighted by atomic mass is 16.2. The predicted molar refractivity (Wildman–Crippen MR) is 71.6 cm³/mol. The number of nitrogen functional groups attached to an aromatic ring is 1. The van der Waals surface area contributed by atoms with Gasteiger partial charge in [0.15, 0.2) is 0 Å². The molecule has 1 aliphatic rings. The van der Waals surface area contributed by atoms with Crippen molar-refractivity contribution in [2.24, 2.45) is 0 Å². The maximum absolute atomic E-state index is 12.2. The van der Waals surface area contributed by atoms with Crippen LogP contribution in [0.25, 0.3) is 10.9 Å². The molecule has 1 saturated carbocycles. The van der Waals surface area contributed by atoms with Gasteiger partial charge in [-0.2, -0.15) is 0 Å². The van der Waals surface area contributed by atoms with E-state index in [0.29, 0.717) is 16.6 Å². The van der Waals surface area contributed by atoms with Gasteiger partial charge in [0, 0.05) is 11.7 Å². The summed E-state index contributed by atoms with van der Waals surface area (Å²) in [6, 6.07) is 5.26. The summed E-state index contributed by atoms with van der Waals surface area (Å²) in [7, 11) is 0. The first-order valence-corrected chi connectivity index (χ1v) is 6.17. The molecular weight excluding hydrogens is 244 g/mol. The molecule has 0 bridgehead atoms. The third-order valence-electron chi connectivity index (χ3n) is 3.10. The number of nitrogens with two attached hydrogens (primary N) is 1. The number of anilines is 1. The second-order valence-electron chi connectivity index (χ2n) is 4.80. The molecule has 0 unspecified atom stereocenters. The number of amides is 1. The van der Waals surface area contributed by atoms with Gasteiger partial charge in [-0.3, -0.25) is 14.2 Å². The molecule has 98 valence electrons. The Morgan fingerprint density at radius 3 is 3.00 bits per heavy atom. The Morgan fingerprint density at radius 1 is 1.47 bits per heavy atom. The fourth-order valence-corrected chi connectivity index (χ4v) is 1.94. The summed E-state index contributed by atoms with van der Waals surface area (Å²) in [4.78, 5) is 28.1. The Hall–Kier alpha value is -2.37. The van der Waals surface area contributed by atoms with Gasteiger partial charge in [0.25, 0.3) is 5.56 Å². The van der Waals surface area contributed by atoms with E-state index < -0.39 is 0 Å². The Kier molecular flexibility index (Phi) is 2.70. The lowest BCUT2D eigenvalue weighted by atomic mass is 10.2. The molecule has 3 rings (SSSR count). The zero-order valence-electron chi connectivity index (χ0n) is 10.3. The summed E-state index contributed by atoms with van der Waals surface area (Å²) in [5.41, 5.74) is 6.50. The molecule has 1 fully saturated rings. The highest BCUT2D eigenvalue weighted by Gasteiger charge is 2.23. The lowest BCUT2D eigenvalue weighted by molar-refractivity contribution is -0.121. The SMILES string of the molecule is Nc1ccc2ncn(CC(=O)NC3CC3)c(=O)c2c1. The fraction of sp³-hybridized carbons (Fsp3) is 0.308. The van der Waals surface area contributed by atoms with Crippen LogP contribution in [0.3, 0.4) is 0 Å². The Balaban J connectivity index is 1.92. The molecular formula is C13H14N4O2. The van der Waals surface area contributed by atoms with Crippen LogP contribution in [0.1, 0.15) is 12.8 Å². The number of nitrogens with one attached hydrogen (secondary N) is 1. The third-order valence-corrected chi connectivity index (χ3v) is 3.10. The Labute approximate surface area is 109 Å². The average Bonchev–Trinajstić information content (AvgIpc) is 3.17. The van der Waals surface area contributed by atoms with Gasteiger partial charge in [0.1, 0.15) is 6.54 Å². The van der Waals surface area contributed by atoms with Crippen LogP contribution in [0.5, 0.6) is 0 Å². The second-order valence-corrected chi connectivity index (χ2v) is 4.80. The van der Waals surface area contributed by atoms with Crippen molar-refractivity contribution in [3.05, 3.63) is 34.9 Å². The molecule has 6 nitrogen and oxygen atoms in total. The minimum Gasteiger partial charge on any atom is -0.399 e. The number of carbonyl (C=O) groups is 1. The van der Waals surface area contributed by atoms with Gasteiger partial charge >= 0.3 is 0 Å². The predicted octanol–water partition coefficient (Wildman–Crippen LogP) is 0.257. The number of rotatable bonds is 3. The molecule has 0 saturated heterocycles. The summed E-state index contributed by atoms with van der Waals surface area (Å²) in [5.74, 6) is -0.158. The number of fused-ring (bicyclic) bond motifs is 1. The smallest absolute Gasteiger partial charge is 0.261 e. The largest absolute Gasteiger partial charge is 0.399 e. The van der Waals surface area contributed by atoms with Crippen LogP contribution in [-0.4, -0.2) is 21.5 Å². The monoisotopic (exact) mass is 258 g/mol. The quantitative estimate of drug-likeness (QED) is 0.772. The van der Waals surface area contributed by atoms with Gasteiger partial charge in [0.2, 0.25) is 5.91 Å². The minimum absolute atomic E-state index is 0.00687. The van der Waals surface area contributed by atoms with Crippen molar-refractivity contribution in [3.63, 3.8) is 0 Å². The van der Waals surface area contributed by atoms with E-state index in [2.05, 4.69) is 10.3 Å². The first-order chi connectivity index (χ1) is 9.13. The normalized spacial score (nSPS) is 14.5. The number of hydrogen-bond donors (Lipinski definition) is 2. The maximum atomic E-state index is 12.2. The lowest BCUT2D eigenvalue weighted by Crippen LogP contribution is -2.33. The molecule has 0 radical (unpaired) electrons. The molecule has 0 atom stereocenters. The zero-order chi connectivity index (χ0) is 13.4. The molecule has 1 heterocycles. The van der Waals surface area contributed by atoms with Gasteiger partial charge in [0.05, 0.1) is 17.2 Å². The molecule has 3 N–H and O–H groups in total. The summed E-state index contributed by atoms with van der Waals surface area (Å²) in [6.07, 6.45) is 3.44. The van der Waals surface area contributed by atoms with Gasteiger partial charge < -0.3 is 11.1 Å². The van der Waals surface area contributed by atoms with Crippen LogP contribution in [0.4, 0.5) is 5.69 Å². The maximum Gasteiger partial charge on any atom is 0.261 e. The van der Waals surface area contributed by atoms with Gasteiger partial charge in [-0.1, -0.05) is 0 Å². The Morgan fingerprint density at radius 2 is 2.26 bits per heavy atom. The van der Waals surface area contributed by atoms with Crippen molar-refractivity contribution in [2.45, 2.75) is 25.4 Å². The molecule has 1 amide bonds. The van der Waals surface area contributed by atoms with E-state index >= 15 is 0 Å². The second kappa shape index (κ2) is 4.38. The Bertz CT molecular complexity index is 703. The topological polar surface area (TPSA) is 90.0 Å². The van der Waals surface area contributed by atoms with Gasteiger partial charge in [-0.15, -0.1) is 0 Å². The molecule has 6 heteroatoms. The van der Waals surface area contributed by atoms with E-state index in [4.69, 9.17) is 5.73 Å². The standard InChI is InChI=1S/C13H14N4O2/c14-8-1-4-11-10(5-8)13(19)17(7-15-11)6-12(18)16-9-2-3-9/h1,4-5,7,9H,2-3,6,14H2,(H,16,18). The highest BCUT2D eigenvalue weighted by Crippen LogP contribution is 2.18. The van der Waals surface area contributed by atoms with E-state index in [0.717, 1.165) is 12.8 Å². The zero-order valence-corrected chi connectivity index (χ0v) is 10.3. The van der Waals surface area contributed by atoms with Crippen molar-refractivity contribution in [1.82, 2.24) is 14.9 Å². The third kappa shape index (κ3) is 2.42. The van der Waals surface area contributed by atoms with Crippen molar-refractivity contribution in [3.8, 4) is 0 Å². The fourth-order valence-electron chi connectivity index (χ4n) is 1.94. The highest BCUT2D eigenvalue weighted by molar-refractivity contribution is 5.81. The first-order valence-electron chi connectivity index (χ1n) is 6.17. The number of nitrogens with zero attached hydrogens (tertiary/aromatic N) is 2. The molecule has 1 aliphatic carbocycles. The van der Waals surface area contributed by atoms with Crippen LogP contribution in [0, 0.1) is 0 Å². The number of benzene rings is 1. The molecule has 2 aromatic rings. The summed E-state index contributed by atoms with van der Waals surface area (Å²) in [5, 5.41) is 3.27. The number of carbonyl (C=O) groups excluding carboxylic acids is 1. The molecule has 0 aliphatic heterocycles. The van der Waals surface area contributed by atoms with Crippen LogP contribution in [0.15, 0.2) is 29.3 Å². The average molecular weight is 258 g/mol. The van der Waals surface area contributed by atoms with E-state index in [1.165, 1.54) is 10.9 Å². The number of hydrogen-bond acceptors (Lipinski definition) is 4. The van der Waals surface area contributed by atoms with Gasteiger partial charge in [-0.25, -0.2) is 4.98 Å². The van der Waals surface area contributed by atoms with Crippen LogP contribution in [-0.2, 0) is 11.3 Å². The summed E-state index contributed by atoms with van der Waals surface area (Å²) < 4.78 is 1.31. The van der Waals surface area contributed by atoms with Crippen LogP contribution < -0.4 is 16.6 Å². The van der Waals surface area contributed by atoms with Crippen molar-refractivity contribution in [2.75, 3.05) is 5.73 Å².